The van der Waals surface area contributed by atoms with E-state index in [9.17, 15) is 4.39 Å². The van der Waals surface area contributed by atoms with Gasteiger partial charge < -0.3 is 10.2 Å². The Morgan fingerprint density at radius 2 is 2.00 bits per heavy atom. The van der Waals surface area contributed by atoms with E-state index in [2.05, 4.69) is 10.2 Å². The molecule has 1 N–H and O–H groups in total. The molecule has 1 saturated heterocycles. The van der Waals surface area contributed by atoms with Crippen LogP contribution < -0.4 is 5.32 Å². The summed E-state index contributed by atoms with van der Waals surface area (Å²) < 4.78 is 12.1. The standard InChI is InChI=1S/C12H23FN2/c13-7-4-9-15-10-8-14-12(11-15)5-2-1-3-6-12/h14H,1-11H2. The van der Waals surface area contributed by atoms with E-state index in [4.69, 9.17) is 0 Å². The molecule has 1 aliphatic carbocycles. The summed E-state index contributed by atoms with van der Waals surface area (Å²) in [5.74, 6) is 0. The van der Waals surface area contributed by atoms with Gasteiger partial charge in [0.2, 0.25) is 0 Å². The van der Waals surface area contributed by atoms with Crippen LogP contribution in [0.3, 0.4) is 0 Å². The summed E-state index contributed by atoms with van der Waals surface area (Å²) in [6.07, 6.45) is 7.47. The van der Waals surface area contributed by atoms with Crippen LogP contribution in [-0.2, 0) is 0 Å². The van der Waals surface area contributed by atoms with Crippen LogP contribution in [-0.4, -0.2) is 43.3 Å². The lowest BCUT2D eigenvalue weighted by Crippen LogP contribution is -2.61. The van der Waals surface area contributed by atoms with Gasteiger partial charge in [0, 0.05) is 31.7 Å². The summed E-state index contributed by atoms with van der Waals surface area (Å²) >= 11 is 0. The minimum Gasteiger partial charge on any atom is -0.309 e. The molecule has 1 spiro atoms. The number of nitrogens with zero attached hydrogens (tertiary/aromatic N) is 1. The highest BCUT2D eigenvalue weighted by Gasteiger charge is 2.35. The molecule has 2 aliphatic rings. The summed E-state index contributed by atoms with van der Waals surface area (Å²) in [6, 6.07) is 0. The Morgan fingerprint density at radius 3 is 2.73 bits per heavy atom. The molecular formula is C12H23FN2. The Balaban J connectivity index is 1.85. The summed E-state index contributed by atoms with van der Waals surface area (Å²) in [6.45, 7) is 4.11. The molecule has 0 unspecified atom stereocenters. The van der Waals surface area contributed by atoms with Crippen LogP contribution in [0, 0.1) is 0 Å². The Hall–Kier alpha value is -0.150. The van der Waals surface area contributed by atoms with Crippen molar-refractivity contribution in [3.05, 3.63) is 0 Å². The van der Waals surface area contributed by atoms with Crippen molar-refractivity contribution in [2.75, 3.05) is 32.9 Å². The van der Waals surface area contributed by atoms with Crippen LogP contribution in [0.5, 0.6) is 0 Å². The maximum atomic E-state index is 12.1. The van der Waals surface area contributed by atoms with Gasteiger partial charge in [0.25, 0.3) is 0 Å². The lowest BCUT2D eigenvalue weighted by atomic mass is 9.80. The van der Waals surface area contributed by atoms with E-state index < -0.39 is 0 Å². The van der Waals surface area contributed by atoms with E-state index in [0.717, 1.165) is 26.2 Å². The number of alkyl halides is 1. The van der Waals surface area contributed by atoms with Crippen LogP contribution in [0.25, 0.3) is 0 Å². The number of nitrogens with one attached hydrogen (secondary N) is 1. The van der Waals surface area contributed by atoms with E-state index in [1.807, 2.05) is 0 Å². The van der Waals surface area contributed by atoms with Crippen molar-refractivity contribution in [3.8, 4) is 0 Å². The Morgan fingerprint density at radius 1 is 1.20 bits per heavy atom. The van der Waals surface area contributed by atoms with Gasteiger partial charge in [-0.3, -0.25) is 4.39 Å². The highest BCUT2D eigenvalue weighted by Crippen LogP contribution is 2.30. The van der Waals surface area contributed by atoms with Crippen molar-refractivity contribution < 1.29 is 4.39 Å². The summed E-state index contributed by atoms with van der Waals surface area (Å²) in [5.41, 5.74) is 0.382. The molecule has 0 bridgehead atoms. The first kappa shape index (κ1) is 11.3. The zero-order valence-corrected chi connectivity index (χ0v) is 9.60. The highest BCUT2D eigenvalue weighted by molar-refractivity contribution is 4.96. The molecule has 88 valence electrons. The summed E-state index contributed by atoms with van der Waals surface area (Å²) in [4.78, 5) is 2.45. The highest BCUT2D eigenvalue weighted by atomic mass is 19.1. The van der Waals surface area contributed by atoms with Gasteiger partial charge in [0.05, 0.1) is 6.67 Å². The maximum Gasteiger partial charge on any atom is 0.0906 e. The molecule has 1 saturated carbocycles. The monoisotopic (exact) mass is 214 g/mol. The predicted octanol–water partition coefficient (Wildman–Crippen LogP) is 1.95. The fraction of sp³-hybridized carbons (Fsp3) is 1.00. The molecule has 2 nitrogen and oxygen atoms in total. The molecule has 3 heteroatoms. The fourth-order valence-corrected chi connectivity index (χ4v) is 3.08. The molecule has 15 heavy (non-hydrogen) atoms. The van der Waals surface area contributed by atoms with Crippen LogP contribution in [0.4, 0.5) is 4.39 Å². The Bertz CT molecular complexity index is 185. The summed E-state index contributed by atoms with van der Waals surface area (Å²) in [5, 5.41) is 3.71. The third kappa shape index (κ3) is 2.91. The van der Waals surface area contributed by atoms with E-state index in [-0.39, 0.29) is 6.67 Å². The molecule has 1 aliphatic heterocycles. The van der Waals surface area contributed by atoms with Gasteiger partial charge in [-0.25, -0.2) is 0 Å². The van der Waals surface area contributed by atoms with Crippen molar-refractivity contribution in [2.24, 2.45) is 0 Å². The van der Waals surface area contributed by atoms with Crippen LogP contribution >= 0.6 is 0 Å². The van der Waals surface area contributed by atoms with Gasteiger partial charge in [0.1, 0.15) is 0 Å². The first-order valence-electron chi connectivity index (χ1n) is 6.38. The van der Waals surface area contributed by atoms with Crippen molar-refractivity contribution >= 4 is 0 Å². The SMILES string of the molecule is FCCCN1CCNC2(CCCCC2)C1. The van der Waals surface area contributed by atoms with Gasteiger partial charge in [0.15, 0.2) is 0 Å². The number of hydrogen-bond donors (Lipinski definition) is 1. The number of piperazine rings is 1. The number of hydrogen-bond acceptors (Lipinski definition) is 2. The quantitative estimate of drug-likeness (QED) is 0.772. The van der Waals surface area contributed by atoms with Gasteiger partial charge in [-0.05, 0) is 19.3 Å². The molecule has 0 aromatic heterocycles. The van der Waals surface area contributed by atoms with Crippen molar-refractivity contribution in [1.82, 2.24) is 10.2 Å². The average Bonchev–Trinajstić information content (AvgIpc) is 2.28. The lowest BCUT2D eigenvalue weighted by Gasteiger charge is -2.46. The average molecular weight is 214 g/mol. The van der Waals surface area contributed by atoms with E-state index in [0.29, 0.717) is 12.0 Å². The fourth-order valence-electron chi connectivity index (χ4n) is 3.08. The first-order valence-corrected chi connectivity index (χ1v) is 6.38. The number of halogens is 1. The lowest BCUT2D eigenvalue weighted by molar-refractivity contribution is 0.0970. The minimum absolute atomic E-state index is 0.170. The molecule has 2 fully saturated rings. The van der Waals surface area contributed by atoms with Gasteiger partial charge in [-0.1, -0.05) is 19.3 Å². The molecule has 2 rings (SSSR count). The molecule has 1 heterocycles. The van der Waals surface area contributed by atoms with Gasteiger partial charge in [-0.2, -0.15) is 0 Å². The maximum absolute atomic E-state index is 12.1. The molecule has 0 amide bonds. The minimum atomic E-state index is -0.170. The second kappa shape index (κ2) is 5.26. The third-order valence-corrected chi connectivity index (χ3v) is 3.87. The van der Waals surface area contributed by atoms with Crippen molar-refractivity contribution in [1.29, 1.82) is 0 Å². The van der Waals surface area contributed by atoms with E-state index >= 15 is 0 Å². The molecule has 0 aromatic rings. The van der Waals surface area contributed by atoms with E-state index in [1.165, 1.54) is 32.1 Å². The zero-order chi connectivity index (χ0) is 10.6. The zero-order valence-electron chi connectivity index (χ0n) is 9.60. The Labute approximate surface area is 92.2 Å². The first-order chi connectivity index (χ1) is 7.35. The third-order valence-electron chi connectivity index (χ3n) is 3.87. The topological polar surface area (TPSA) is 15.3 Å². The van der Waals surface area contributed by atoms with Crippen molar-refractivity contribution in [3.63, 3.8) is 0 Å². The molecular weight excluding hydrogens is 191 g/mol. The largest absolute Gasteiger partial charge is 0.309 e. The second-order valence-corrected chi connectivity index (χ2v) is 5.09. The summed E-state index contributed by atoms with van der Waals surface area (Å²) in [7, 11) is 0. The molecule has 0 radical (unpaired) electrons. The van der Waals surface area contributed by atoms with Gasteiger partial charge >= 0.3 is 0 Å². The van der Waals surface area contributed by atoms with Crippen molar-refractivity contribution in [2.45, 2.75) is 44.1 Å². The van der Waals surface area contributed by atoms with Crippen LogP contribution in [0.2, 0.25) is 0 Å². The Kier molecular flexibility index (Phi) is 3.98. The normalized spacial score (nSPS) is 27.0. The smallest absolute Gasteiger partial charge is 0.0906 e. The second-order valence-electron chi connectivity index (χ2n) is 5.09. The van der Waals surface area contributed by atoms with Gasteiger partial charge in [-0.15, -0.1) is 0 Å². The van der Waals surface area contributed by atoms with E-state index in [1.54, 1.807) is 0 Å². The number of rotatable bonds is 3. The predicted molar refractivity (Wildman–Crippen MR) is 60.9 cm³/mol. The molecule has 0 aromatic carbocycles. The van der Waals surface area contributed by atoms with Crippen LogP contribution in [0.15, 0.2) is 0 Å². The molecule has 0 atom stereocenters. The van der Waals surface area contributed by atoms with Crippen LogP contribution in [0.1, 0.15) is 38.5 Å².